The van der Waals surface area contributed by atoms with Gasteiger partial charge >= 0.3 is 0 Å². The van der Waals surface area contributed by atoms with Crippen LogP contribution in [0.15, 0.2) is 48.5 Å². The van der Waals surface area contributed by atoms with Crippen LogP contribution in [0.1, 0.15) is 15.9 Å². The van der Waals surface area contributed by atoms with Gasteiger partial charge in [-0.2, -0.15) is 0 Å². The van der Waals surface area contributed by atoms with Gasteiger partial charge in [0.1, 0.15) is 5.82 Å². The topological polar surface area (TPSA) is 75.4 Å². The van der Waals surface area contributed by atoms with Crippen LogP contribution in [0.25, 0.3) is 0 Å². The molecule has 4 nitrogen and oxygen atoms in total. The summed E-state index contributed by atoms with van der Waals surface area (Å²) in [7, 11) is 0. The summed E-state index contributed by atoms with van der Waals surface area (Å²) in [6.07, 6.45) is 0.494. The van der Waals surface area contributed by atoms with Crippen molar-refractivity contribution >= 4 is 11.6 Å². The van der Waals surface area contributed by atoms with Gasteiger partial charge in [0, 0.05) is 11.3 Å². The first-order valence-corrected chi connectivity index (χ1v) is 6.60. The quantitative estimate of drug-likeness (QED) is 0.734. The minimum atomic E-state index is -0.566. The lowest BCUT2D eigenvalue weighted by molar-refractivity contribution is 0.0916. The summed E-state index contributed by atoms with van der Waals surface area (Å²) in [6.45, 7) is -0.203. The number of carbonyl (C=O) groups is 1. The van der Waals surface area contributed by atoms with Gasteiger partial charge in [0.25, 0.3) is 5.91 Å². The summed E-state index contributed by atoms with van der Waals surface area (Å²) in [5.74, 6) is -1.03. The number of carbonyl (C=O) groups excluding carboxylic acids is 1. The Hall–Kier alpha value is -2.40. The lowest BCUT2D eigenvalue weighted by Gasteiger charge is -2.16. The molecular formula is C16H17FN2O2. The normalized spacial score (nSPS) is 11.9. The number of rotatable bonds is 5. The zero-order valence-electron chi connectivity index (χ0n) is 11.4. The average Bonchev–Trinajstić information content (AvgIpc) is 2.46. The fraction of sp³-hybridized carbons (Fsp3) is 0.188. The second-order valence-electron chi connectivity index (χ2n) is 4.82. The number of amides is 1. The summed E-state index contributed by atoms with van der Waals surface area (Å²) in [5.41, 5.74) is 6.83. The number of hydrogen-bond acceptors (Lipinski definition) is 3. The maximum Gasteiger partial charge on any atom is 0.251 e. The molecule has 0 bridgehead atoms. The van der Waals surface area contributed by atoms with Crippen LogP contribution in [-0.4, -0.2) is 23.7 Å². The molecule has 0 aliphatic carbocycles. The van der Waals surface area contributed by atoms with Crippen molar-refractivity contribution in [1.29, 1.82) is 0 Å². The van der Waals surface area contributed by atoms with Crippen molar-refractivity contribution in [1.82, 2.24) is 5.32 Å². The minimum Gasteiger partial charge on any atom is -0.399 e. The predicted molar refractivity (Wildman–Crippen MR) is 79.3 cm³/mol. The third-order valence-electron chi connectivity index (χ3n) is 3.06. The van der Waals surface area contributed by atoms with Gasteiger partial charge in [-0.3, -0.25) is 4.79 Å². The smallest absolute Gasteiger partial charge is 0.251 e. The molecule has 110 valence electrons. The van der Waals surface area contributed by atoms with E-state index in [-0.39, 0.29) is 17.9 Å². The first-order chi connectivity index (χ1) is 10.1. The van der Waals surface area contributed by atoms with Gasteiger partial charge in [0.15, 0.2) is 0 Å². The number of hydrogen-bond donors (Lipinski definition) is 3. The van der Waals surface area contributed by atoms with Gasteiger partial charge in [-0.15, -0.1) is 0 Å². The monoisotopic (exact) mass is 288 g/mol. The largest absolute Gasteiger partial charge is 0.399 e. The van der Waals surface area contributed by atoms with E-state index in [0.29, 0.717) is 6.42 Å². The number of nitrogens with one attached hydrogen (secondary N) is 1. The van der Waals surface area contributed by atoms with Gasteiger partial charge in [-0.1, -0.05) is 30.3 Å². The van der Waals surface area contributed by atoms with E-state index in [2.05, 4.69) is 5.32 Å². The number of benzene rings is 2. The first kappa shape index (κ1) is 15.0. The zero-order chi connectivity index (χ0) is 15.2. The van der Waals surface area contributed by atoms with Gasteiger partial charge in [0.2, 0.25) is 0 Å². The average molecular weight is 288 g/mol. The lowest BCUT2D eigenvalue weighted by atomic mass is 10.1. The number of nitrogen functional groups attached to an aromatic ring is 1. The second kappa shape index (κ2) is 6.85. The molecule has 21 heavy (non-hydrogen) atoms. The molecule has 0 aromatic heterocycles. The molecule has 1 atom stereocenters. The van der Waals surface area contributed by atoms with Gasteiger partial charge in [0.05, 0.1) is 12.6 Å². The predicted octanol–water partition coefficient (Wildman–Crippen LogP) is 1.74. The van der Waals surface area contributed by atoms with E-state index >= 15 is 0 Å². The number of aliphatic hydroxyl groups excluding tert-OH is 1. The molecule has 2 aromatic carbocycles. The first-order valence-electron chi connectivity index (χ1n) is 6.60. The van der Waals surface area contributed by atoms with Crippen LogP contribution in [0.2, 0.25) is 0 Å². The maximum atomic E-state index is 13.2. The Morgan fingerprint density at radius 3 is 2.57 bits per heavy atom. The van der Waals surface area contributed by atoms with Crippen LogP contribution < -0.4 is 11.1 Å². The number of halogens is 1. The summed E-state index contributed by atoms with van der Waals surface area (Å²) < 4.78 is 13.2. The van der Waals surface area contributed by atoms with Crippen molar-refractivity contribution in [3.05, 3.63) is 65.5 Å². The number of nitrogens with two attached hydrogens (primary N) is 1. The molecule has 0 aliphatic rings. The Labute approximate surface area is 122 Å². The molecule has 4 N–H and O–H groups in total. The highest BCUT2D eigenvalue weighted by Gasteiger charge is 2.14. The van der Waals surface area contributed by atoms with E-state index in [4.69, 9.17) is 5.73 Å². The number of anilines is 1. The highest BCUT2D eigenvalue weighted by Crippen LogP contribution is 2.11. The van der Waals surface area contributed by atoms with Crippen molar-refractivity contribution in [2.75, 3.05) is 12.3 Å². The van der Waals surface area contributed by atoms with Crippen LogP contribution in [0, 0.1) is 5.82 Å². The van der Waals surface area contributed by atoms with Crippen molar-refractivity contribution in [3.63, 3.8) is 0 Å². The molecule has 1 amide bonds. The third-order valence-corrected chi connectivity index (χ3v) is 3.06. The molecule has 0 spiro atoms. The van der Waals surface area contributed by atoms with Crippen molar-refractivity contribution < 1.29 is 14.3 Å². The van der Waals surface area contributed by atoms with E-state index in [1.807, 2.05) is 30.3 Å². The van der Waals surface area contributed by atoms with Crippen LogP contribution in [0.3, 0.4) is 0 Å². The van der Waals surface area contributed by atoms with E-state index in [0.717, 1.165) is 17.7 Å². The summed E-state index contributed by atoms with van der Waals surface area (Å²) in [5, 5.41) is 12.1. The Morgan fingerprint density at radius 1 is 1.24 bits per heavy atom. The van der Waals surface area contributed by atoms with Gasteiger partial charge in [-0.05, 0) is 30.2 Å². The van der Waals surface area contributed by atoms with Crippen molar-refractivity contribution in [3.8, 4) is 0 Å². The van der Waals surface area contributed by atoms with Crippen LogP contribution in [0.4, 0.5) is 10.1 Å². The van der Waals surface area contributed by atoms with Gasteiger partial charge in [-0.25, -0.2) is 4.39 Å². The number of aliphatic hydroxyl groups is 1. The second-order valence-corrected chi connectivity index (χ2v) is 4.82. The highest BCUT2D eigenvalue weighted by molar-refractivity contribution is 5.95. The zero-order valence-corrected chi connectivity index (χ0v) is 11.4. The minimum absolute atomic E-state index is 0.138. The van der Waals surface area contributed by atoms with Gasteiger partial charge < -0.3 is 16.2 Å². The maximum absolute atomic E-state index is 13.2. The molecule has 0 saturated carbocycles. The molecule has 0 saturated heterocycles. The molecule has 2 aromatic rings. The Kier molecular flexibility index (Phi) is 4.90. The highest BCUT2D eigenvalue weighted by atomic mass is 19.1. The summed E-state index contributed by atoms with van der Waals surface area (Å²) >= 11 is 0. The van der Waals surface area contributed by atoms with Crippen molar-refractivity contribution in [2.45, 2.75) is 12.5 Å². The molecule has 0 aliphatic heterocycles. The van der Waals surface area contributed by atoms with Crippen LogP contribution in [0.5, 0.6) is 0 Å². The SMILES string of the molecule is Nc1cc(F)cc(C(=O)N[C@H](CO)Cc2ccccc2)c1. The van der Waals surface area contributed by atoms with Crippen molar-refractivity contribution in [2.24, 2.45) is 0 Å². The van der Waals surface area contributed by atoms with E-state index in [1.165, 1.54) is 6.07 Å². The molecular weight excluding hydrogens is 271 g/mol. The van der Waals surface area contributed by atoms with Crippen LogP contribution >= 0.6 is 0 Å². The molecule has 2 rings (SSSR count). The standard InChI is InChI=1S/C16H17FN2O2/c17-13-7-12(8-14(18)9-13)16(21)19-15(10-20)6-11-4-2-1-3-5-11/h1-5,7-9,15,20H,6,10,18H2,(H,19,21)/t15-/m0/s1. The van der Waals surface area contributed by atoms with E-state index < -0.39 is 17.8 Å². The van der Waals surface area contributed by atoms with E-state index in [9.17, 15) is 14.3 Å². The molecule has 0 unspecified atom stereocenters. The Balaban J connectivity index is 2.05. The summed E-state index contributed by atoms with van der Waals surface area (Å²) in [4.78, 5) is 12.1. The third kappa shape index (κ3) is 4.29. The lowest BCUT2D eigenvalue weighted by Crippen LogP contribution is -2.39. The fourth-order valence-electron chi connectivity index (χ4n) is 2.07. The Morgan fingerprint density at radius 2 is 1.95 bits per heavy atom. The Bertz CT molecular complexity index is 597. The fourth-order valence-corrected chi connectivity index (χ4v) is 2.07. The molecule has 0 fully saturated rings. The van der Waals surface area contributed by atoms with Crippen LogP contribution in [-0.2, 0) is 6.42 Å². The molecule has 5 heteroatoms. The van der Waals surface area contributed by atoms with E-state index in [1.54, 1.807) is 0 Å². The summed E-state index contributed by atoms with van der Waals surface area (Å²) in [6, 6.07) is 12.7. The molecule has 0 radical (unpaired) electrons. The molecule has 0 heterocycles.